The molecule has 86 valence electrons. The third-order valence-electron chi connectivity index (χ3n) is 1.87. The topological polar surface area (TPSA) is 52.6 Å². The molecule has 0 spiro atoms. The van der Waals surface area contributed by atoms with Gasteiger partial charge in [-0.3, -0.25) is 0 Å². The number of carbonyl (C=O) groups is 2. The lowest BCUT2D eigenvalue weighted by atomic mass is 10.1. The van der Waals surface area contributed by atoms with Gasteiger partial charge < -0.3 is 9.47 Å². The molecule has 0 aromatic heterocycles. The second-order valence-corrected chi connectivity index (χ2v) is 4.06. The van der Waals surface area contributed by atoms with Gasteiger partial charge in [-0.05, 0) is 28.1 Å². The van der Waals surface area contributed by atoms with Crippen molar-refractivity contribution in [1.82, 2.24) is 0 Å². The molecule has 0 radical (unpaired) electrons. The number of ether oxygens (including phenoxy) is 2. The Morgan fingerprint density at radius 1 is 1.12 bits per heavy atom. The minimum absolute atomic E-state index is 0.135. The van der Waals surface area contributed by atoms with Crippen LogP contribution in [0.1, 0.15) is 20.7 Å². The molecular formula is C10H8BrClO4. The summed E-state index contributed by atoms with van der Waals surface area (Å²) in [6.07, 6.45) is 0. The lowest BCUT2D eigenvalue weighted by molar-refractivity contribution is 0.0586. The Balaban J connectivity index is 3.27. The highest BCUT2D eigenvalue weighted by Crippen LogP contribution is 2.26. The zero-order valence-electron chi connectivity index (χ0n) is 8.54. The van der Waals surface area contributed by atoms with E-state index in [2.05, 4.69) is 25.4 Å². The summed E-state index contributed by atoms with van der Waals surface area (Å²) in [5.41, 5.74) is 0.434. The summed E-state index contributed by atoms with van der Waals surface area (Å²) in [6, 6.07) is 2.77. The maximum absolute atomic E-state index is 11.3. The maximum atomic E-state index is 11.3. The highest BCUT2D eigenvalue weighted by molar-refractivity contribution is 9.10. The largest absolute Gasteiger partial charge is 0.465 e. The second kappa shape index (κ2) is 5.32. The number of halogens is 2. The zero-order chi connectivity index (χ0) is 12.3. The smallest absolute Gasteiger partial charge is 0.339 e. The molecule has 0 aliphatic carbocycles. The molecule has 0 aliphatic heterocycles. The fourth-order valence-electron chi connectivity index (χ4n) is 1.08. The van der Waals surface area contributed by atoms with Crippen LogP contribution in [0.15, 0.2) is 16.6 Å². The van der Waals surface area contributed by atoms with Gasteiger partial charge in [-0.15, -0.1) is 0 Å². The molecule has 1 aromatic carbocycles. The maximum Gasteiger partial charge on any atom is 0.339 e. The zero-order valence-corrected chi connectivity index (χ0v) is 10.9. The molecule has 0 saturated carbocycles. The molecule has 0 unspecified atom stereocenters. The van der Waals surface area contributed by atoms with Crippen LogP contribution < -0.4 is 0 Å². The molecule has 0 amide bonds. The second-order valence-electron chi connectivity index (χ2n) is 2.80. The van der Waals surface area contributed by atoms with Gasteiger partial charge in [-0.25, -0.2) is 9.59 Å². The van der Waals surface area contributed by atoms with Crippen LogP contribution in [-0.4, -0.2) is 26.2 Å². The van der Waals surface area contributed by atoms with Crippen LogP contribution in [0, 0.1) is 0 Å². The normalized spacial score (nSPS) is 9.75. The van der Waals surface area contributed by atoms with Crippen molar-refractivity contribution in [2.45, 2.75) is 0 Å². The predicted molar refractivity (Wildman–Crippen MR) is 61.8 cm³/mol. The van der Waals surface area contributed by atoms with Gasteiger partial charge in [-0.2, -0.15) is 0 Å². The summed E-state index contributed by atoms with van der Waals surface area (Å²) < 4.78 is 9.51. The number of hydrogen-bond acceptors (Lipinski definition) is 4. The van der Waals surface area contributed by atoms with E-state index in [4.69, 9.17) is 11.6 Å². The molecular weight excluding hydrogens is 299 g/mol. The lowest BCUT2D eigenvalue weighted by Gasteiger charge is -2.07. The average molecular weight is 308 g/mol. The predicted octanol–water partition coefficient (Wildman–Crippen LogP) is 2.68. The van der Waals surface area contributed by atoms with Crippen molar-refractivity contribution in [3.63, 3.8) is 0 Å². The van der Waals surface area contributed by atoms with E-state index in [9.17, 15) is 9.59 Å². The van der Waals surface area contributed by atoms with Crippen LogP contribution in [0.4, 0.5) is 0 Å². The first-order chi connectivity index (χ1) is 7.51. The Kier molecular flexibility index (Phi) is 4.32. The van der Waals surface area contributed by atoms with Crippen LogP contribution in [0.5, 0.6) is 0 Å². The Morgan fingerprint density at radius 3 is 2.12 bits per heavy atom. The van der Waals surface area contributed by atoms with Gasteiger partial charge >= 0.3 is 11.9 Å². The lowest BCUT2D eigenvalue weighted by Crippen LogP contribution is -2.07. The van der Waals surface area contributed by atoms with Crippen LogP contribution in [0.25, 0.3) is 0 Å². The van der Waals surface area contributed by atoms with Crippen molar-refractivity contribution in [1.29, 1.82) is 0 Å². The van der Waals surface area contributed by atoms with Gasteiger partial charge in [0.15, 0.2) is 0 Å². The summed E-state index contributed by atoms with van der Waals surface area (Å²) in [5, 5.41) is 0.135. The number of esters is 2. The number of rotatable bonds is 2. The van der Waals surface area contributed by atoms with Gasteiger partial charge in [0.2, 0.25) is 0 Å². The van der Waals surface area contributed by atoms with Crippen LogP contribution in [0.2, 0.25) is 5.02 Å². The van der Waals surface area contributed by atoms with E-state index in [0.717, 1.165) is 0 Å². The summed E-state index contributed by atoms with van der Waals surface area (Å²) in [6.45, 7) is 0. The van der Waals surface area contributed by atoms with E-state index in [1.807, 2.05) is 0 Å². The molecule has 0 heterocycles. The SMILES string of the molecule is COC(=O)c1cc(Br)c(C(=O)OC)cc1Cl. The fourth-order valence-corrected chi connectivity index (χ4v) is 1.83. The molecule has 0 aliphatic rings. The van der Waals surface area contributed by atoms with Crippen molar-refractivity contribution in [3.8, 4) is 0 Å². The number of carbonyl (C=O) groups excluding carboxylic acids is 2. The number of benzene rings is 1. The van der Waals surface area contributed by atoms with Crippen LogP contribution in [0.3, 0.4) is 0 Å². The van der Waals surface area contributed by atoms with Crippen molar-refractivity contribution >= 4 is 39.5 Å². The fraction of sp³-hybridized carbons (Fsp3) is 0.200. The van der Waals surface area contributed by atoms with Crippen molar-refractivity contribution in [2.24, 2.45) is 0 Å². The van der Waals surface area contributed by atoms with Gasteiger partial charge in [0.05, 0.1) is 30.4 Å². The molecule has 0 N–H and O–H groups in total. The molecule has 1 aromatic rings. The molecule has 0 saturated heterocycles. The van der Waals surface area contributed by atoms with Gasteiger partial charge in [0, 0.05) is 4.47 Å². The quantitative estimate of drug-likeness (QED) is 0.788. The number of hydrogen-bond donors (Lipinski definition) is 0. The standard InChI is InChI=1S/C10H8BrClO4/c1-15-9(13)5-4-8(12)6(3-7(5)11)10(14)16-2/h3-4H,1-2H3. The van der Waals surface area contributed by atoms with E-state index in [1.54, 1.807) is 0 Å². The molecule has 1 rings (SSSR count). The van der Waals surface area contributed by atoms with E-state index in [0.29, 0.717) is 4.47 Å². The highest BCUT2D eigenvalue weighted by atomic mass is 79.9. The third kappa shape index (κ3) is 2.54. The summed E-state index contributed by atoms with van der Waals surface area (Å²) >= 11 is 9.00. The average Bonchev–Trinajstić information content (AvgIpc) is 2.29. The molecule has 0 atom stereocenters. The van der Waals surface area contributed by atoms with E-state index >= 15 is 0 Å². The minimum Gasteiger partial charge on any atom is -0.465 e. The molecule has 0 bridgehead atoms. The van der Waals surface area contributed by atoms with Crippen LogP contribution >= 0.6 is 27.5 Å². The molecule has 16 heavy (non-hydrogen) atoms. The number of methoxy groups -OCH3 is 2. The third-order valence-corrected chi connectivity index (χ3v) is 2.84. The van der Waals surface area contributed by atoms with Crippen molar-refractivity contribution in [3.05, 3.63) is 32.8 Å². The molecule has 0 fully saturated rings. The van der Waals surface area contributed by atoms with Gasteiger partial charge in [0.25, 0.3) is 0 Å². The first-order valence-corrected chi connectivity index (χ1v) is 5.34. The van der Waals surface area contributed by atoms with E-state index < -0.39 is 11.9 Å². The first kappa shape index (κ1) is 13.0. The molecule has 4 nitrogen and oxygen atoms in total. The Bertz CT molecular complexity index is 403. The van der Waals surface area contributed by atoms with Gasteiger partial charge in [-0.1, -0.05) is 11.6 Å². The Labute approximate surface area is 106 Å². The minimum atomic E-state index is -0.567. The Morgan fingerprint density at radius 2 is 1.62 bits per heavy atom. The summed E-state index contributed by atoms with van der Waals surface area (Å²) in [4.78, 5) is 22.6. The van der Waals surface area contributed by atoms with Crippen molar-refractivity contribution in [2.75, 3.05) is 14.2 Å². The summed E-state index contributed by atoms with van der Waals surface area (Å²) in [5.74, 6) is -1.10. The van der Waals surface area contributed by atoms with Gasteiger partial charge in [0.1, 0.15) is 0 Å². The van der Waals surface area contributed by atoms with Crippen LogP contribution in [-0.2, 0) is 9.47 Å². The monoisotopic (exact) mass is 306 g/mol. The Hall–Kier alpha value is -1.07. The first-order valence-electron chi connectivity index (χ1n) is 4.17. The highest BCUT2D eigenvalue weighted by Gasteiger charge is 2.17. The summed E-state index contributed by atoms with van der Waals surface area (Å²) in [7, 11) is 2.51. The van der Waals surface area contributed by atoms with E-state index in [1.165, 1.54) is 26.4 Å². The molecule has 6 heteroatoms. The van der Waals surface area contributed by atoms with E-state index in [-0.39, 0.29) is 16.1 Å². The van der Waals surface area contributed by atoms with Crippen molar-refractivity contribution < 1.29 is 19.1 Å².